The monoisotopic (exact) mass is 263 g/mol. The Kier molecular flexibility index (Phi) is 3.43. The highest BCUT2D eigenvalue weighted by atomic mass is 32.2. The van der Waals surface area contributed by atoms with Crippen molar-refractivity contribution in [3.8, 4) is 5.75 Å². The van der Waals surface area contributed by atoms with Crippen LogP contribution in [0.3, 0.4) is 0 Å². The van der Waals surface area contributed by atoms with Gasteiger partial charge >= 0.3 is 0 Å². The van der Waals surface area contributed by atoms with E-state index in [4.69, 9.17) is 0 Å². The van der Waals surface area contributed by atoms with E-state index < -0.39 is 0 Å². The second-order valence-electron chi connectivity index (χ2n) is 4.05. The maximum Gasteiger partial charge on any atom is 0.290 e. The zero-order chi connectivity index (χ0) is 13.3. The number of amides is 2. The summed E-state index contributed by atoms with van der Waals surface area (Å²) < 4.78 is 0. The molecule has 1 saturated heterocycles. The molecular formula is C13H13NO3S. The fourth-order valence-electron chi connectivity index (χ4n) is 1.81. The van der Waals surface area contributed by atoms with Gasteiger partial charge in [-0.15, -0.1) is 0 Å². The molecule has 94 valence electrons. The molecule has 1 aliphatic rings. The summed E-state index contributed by atoms with van der Waals surface area (Å²) in [5.74, 6) is -0.0759. The van der Waals surface area contributed by atoms with E-state index in [0.29, 0.717) is 17.1 Å². The Labute approximate surface area is 109 Å². The first kappa shape index (κ1) is 12.7. The fraction of sp³-hybridized carbons (Fsp3) is 0.231. The number of phenols is 1. The van der Waals surface area contributed by atoms with Crippen molar-refractivity contribution < 1.29 is 14.7 Å². The van der Waals surface area contributed by atoms with E-state index in [9.17, 15) is 14.7 Å². The van der Waals surface area contributed by atoms with Crippen molar-refractivity contribution in [1.82, 2.24) is 5.32 Å². The van der Waals surface area contributed by atoms with Crippen LogP contribution >= 0.6 is 11.8 Å². The molecule has 1 aromatic rings. The van der Waals surface area contributed by atoms with Gasteiger partial charge in [-0.25, -0.2) is 0 Å². The molecule has 1 fully saturated rings. The maximum atomic E-state index is 11.4. The Morgan fingerprint density at radius 3 is 2.67 bits per heavy atom. The second kappa shape index (κ2) is 4.86. The van der Waals surface area contributed by atoms with Gasteiger partial charge in [0.15, 0.2) is 0 Å². The van der Waals surface area contributed by atoms with Crippen LogP contribution in [0.25, 0.3) is 6.08 Å². The molecule has 1 heterocycles. The number of aromatic hydroxyl groups is 1. The van der Waals surface area contributed by atoms with Crippen LogP contribution in [0.15, 0.2) is 17.0 Å². The van der Waals surface area contributed by atoms with Crippen LogP contribution in [0.4, 0.5) is 4.79 Å². The van der Waals surface area contributed by atoms with E-state index >= 15 is 0 Å². The number of rotatable bonds is 2. The Hall–Kier alpha value is -1.75. The van der Waals surface area contributed by atoms with Crippen molar-refractivity contribution >= 4 is 29.0 Å². The van der Waals surface area contributed by atoms with Crippen LogP contribution < -0.4 is 5.32 Å². The number of thioether (sulfide) groups is 1. The van der Waals surface area contributed by atoms with Gasteiger partial charge in [-0.2, -0.15) is 0 Å². The smallest absolute Gasteiger partial charge is 0.290 e. The molecule has 1 aliphatic heterocycles. The lowest BCUT2D eigenvalue weighted by molar-refractivity contribution is -0.115. The second-order valence-corrected chi connectivity index (χ2v) is 5.07. The van der Waals surface area contributed by atoms with Crippen LogP contribution in [0, 0.1) is 6.92 Å². The number of carbonyl (C=O) groups excluding carboxylic acids is 2. The first-order chi connectivity index (χ1) is 8.51. The van der Waals surface area contributed by atoms with Crippen molar-refractivity contribution in [2.75, 3.05) is 0 Å². The van der Waals surface area contributed by atoms with E-state index in [-0.39, 0.29) is 11.1 Å². The van der Waals surface area contributed by atoms with Crippen LogP contribution in [-0.4, -0.2) is 16.3 Å². The highest BCUT2D eigenvalue weighted by Crippen LogP contribution is 2.29. The molecule has 2 rings (SSSR count). The summed E-state index contributed by atoms with van der Waals surface area (Å²) in [6, 6.07) is 3.62. The minimum absolute atomic E-state index is 0.291. The third-order valence-electron chi connectivity index (χ3n) is 2.72. The quantitative estimate of drug-likeness (QED) is 0.805. The maximum absolute atomic E-state index is 11.4. The third kappa shape index (κ3) is 2.41. The Balaban J connectivity index is 2.41. The molecule has 0 aliphatic carbocycles. The zero-order valence-electron chi connectivity index (χ0n) is 10.1. The average molecular weight is 263 g/mol. The van der Waals surface area contributed by atoms with Gasteiger partial charge < -0.3 is 5.11 Å². The zero-order valence-corrected chi connectivity index (χ0v) is 10.9. The lowest BCUT2D eigenvalue weighted by Crippen LogP contribution is -2.17. The number of phenolic OH excluding ortho intramolecular Hbond substituents is 1. The molecule has 18 heavy (non-hydrogen) atoms. The highest BCUT2D eigenvalue weighted by Gasteiger charge is 2.25. The van der Waals surface area contributed by atoms with Gasteiger partial charge in [-0.05, 0) is 60.0 Å². The van der Waals surface area contributed by atoms with Crippen molar-refractivity contribution in [2.45, 2.75) is 20.3 Å². The molecule has 4 nitrogen and oxygen atoms in total. The molecule has 0 saturated carbocycles. The molecule has 0 aromatic heterocycles. The minimum atomic E-state index is -0.367. The number of benzene rings is 1. The molecule has 0 bridgehead atoms. The largest absolute Gasteiger partial charge is 0.507 e. The molecule has 0 atom stereocenters. The highest BCUT2D eigenvalue weighted by molar-refractivity contribution is 8.18. The molecule has 0 spiro atoms. The summed E-state index contributed by atoms with van der Waals surface area (Å²) >= 11 is 0.891. The van der Waals surface area contributed by atoms with E-state index in [1.165, 1.54) is 0 Å². The number of aryl methyl sites for hydroxylation is 2. The van der Waals surface area contributed by atoms with Gasteiger partial charge in [-0.1, -0.05) is 6.92 Å². The normalized spacial score (nSPS) is 17.3. The standard InChI is InChI=1S/C13H13NO3S/c1-3-9-5-8(4-7(2)11(9)15)6-10-12(16)14-13(17)18-10/h4-6,15H,3H2,1-2H3,(H,14,16,17)/b10-6-. The number of hydrogen-bond donors (Lipinski definition) is 2. The van der Waals surface area contributed by atoms with Crippen LogP contribution in [0.2, 0.25) is 0 Å². The molecule has 0 radical (unpaired) electrons. The molecule has 0 unspecified atom stereocenters. The fourth-order valence-corrected chi connectivity index (χ4v) is 2.49. The number of carbonyl (C=O) groups is 2. The predicted molar refractivity (Wildman–Crippen MR) is 71.3 cm³/mol. The minimum Gasteiger partial charge on any atom is -0.507 e. The van der Waals surface area contributed by atoms with Gasteiger partial charge in [-0.3, -0.25) is 14.9 Å². The Morgan fingerprint density at radius 1 is 1.39 bits per heavy atom. The van der Waals surface area contributed by atoms with Gasteiger partial charge in [0.2, 0.25) is 0 Å². The number of hydrogen-bond acceptors (Lipinski definition) is 4. The van der Waals surface area contributed by atoms with E-state index in [0.717, 1.165) is 28.5 Å². The summed E-state index contributed by atoms with van der Waals surface area (Å²) in [7, 11) is 0. The van der Waals surface area contributed by atoms with Crippen LogP contribution in [0.1, 0.15) is 23.6 Å². The summed E-state index contributed by atoms with van der Waals surface area (Å²) in [6.45, 7) is 3.76. The number of nitrogens with one attached hydrogen (secondary N) is 1. The van der Waals surface area contributed by atoms with Crippen molar-refractivity contribution in [3.05, 3.63) is 33.7 Å². The Morgan fingerprint density at radius 2 is 2.11 bits per heavy atom. The van der Waals surface area contributed by atoms with Gasteiger partial charge in [0.1, 0.15) is 5.75 Å². The predicted octanol–water partition coefficient (Wildman–Crippen LogP) is 2.59. The van der Waals surface area contributed by atoms with Crippen LogP contribution in [0.5, 0.6) is 5.75 Å². The lowest BCUT2D eigenvalue weighted by atomic mass is 10.0. The van der Waals surface area contributed by atoms with Crippen molar-refractivity contribution in [3.63, 3.8) is 0 Å². The SMILES string of the molecule is CCc1cc(/C=C2\SC(=O)NC2=O)cc(C)c1O. The summed E-state index contributed by atoms with van der Waals surface area (Å²) in [4.78, 5) is 22.9. The van der Waals surface area contributed by atoms with E-state index in [1.54, 1.807) is 12.1 Å². The van der Waals surface area contributed by atoms with E-state index in [2.05, 4.69) is 5.32 Å². The van der Waals surface area contributed by atoms with Crippen molar-refractivity contribution in [2.24, 2.45) is 0 Å². The first-order valence-corrected chi connectivity index (χ1v) is 6.40. The van der Waals surface area contributed by atoms with Gasteiger partial charge in [0.05, 0.1) is 4.91 Å². The molecular weight excluding hydrogens is 250 g/mol. The lowest BCUT2D eigenvalue weighted by Gasteiger charge is -2.07. The third-order valence-corrected chi connectivity index (χ3v) is 3.53. The average Bonchev–Trinajstić information content (AvgIpc) is 2.62. The summed E-state index contributed by atoms with van der Waals surface area (Å²) in [6.07, 6.45) is 2.37. The van der Waals surface area contributed by atoms with Gasteiger partial charge in [0, 0.05) is 0 Å². The summed E-state index contributed by atoms with van der Waals surface area (Å²) in [5.41, 5.74) is 2.40. The summed E-state index contributed by atoms with van der Waals surface area (Å²) in [5, 5.41) is 11.7. The van der Waals surface area contributed by atoms with Gasteiger partial charge in [0.25, 0.3) is 11.1 Å². The Bertz CT molecular complexity index is 564. The van der Waals surface area contributed by atoms with E-state index in [1.807, 2.05) is 19.9 Å². The first-order valence-electron chi connectivity index (χ1n) is 5.58. The topological polar surface area (TPSA) is 66.4 Å². The molecule has 2 amide bonds. The molecule has 1 aromatic carbocycles. The number of imide groups is 1. The van der Waals surface area contributed by atoms with Crippen LogP contribution in [-0.2, 0) is 11.2 Å². The van der Waals surface area contributed by atoms with Crippen molar-refractivity contribution in [1.29, 1.82) is 0 Å². The molecule has 2 N–H and O–H groups in total. The molecule has 5 heteroatoms.